The number of rotatable bonds is 4. The molecular formula is C19H22N4O3S. The van der Waals surface area contributed by atoms with Crippen LogP contribution in [-0.4, -0.2) is 61.7 Å². The summed E-state index contributed by atoms with van der Waals surface area (Å²) in [4.78, 5) is 19.9. The van der Waals surface area contributed by atoms with Gasteiger partial charge in [0.05, 0.1) is 11.3 Å². The zero-order chi connectivity index (χ0) is 19.0. The first kappa shape index (κ1) is 18.1. The largest absolute Gasteiger partial charge is 0.315 e. The average molecular weight is 386 g/mol. The van der Waals surface area contributed by atoms with Gasteiger partial charge in [0.2, 0.25) is 15.9 Å². The van der Waals surface area contributed by atoms with E-state index in [-0.39, 0.29) is 17.2 Å². The van der Waals surface area contributed by atoms with E-state index < -0.39 is 10.0 Å². The van der Waals surface area contributed by atoms with Crippen LogP contribution in [0.2, 0.25) is 0 Å². The van der Waals surface area contributed by atoms with Crippen molar-refractivity contribution in [1.29, 1.82) is 0 Å². The van der Waals surface area contributed by atoms with E-state index >= 15 is 0 Å². The Morgan fingerprint density at radius 1 is 1.04 bits per heavy atom. The summed E-state index contributed by atoms with van der Waals surface area (Å²) in [6.45, 7) is 3.10. The van der Waals surface area contributed by atoms with Crippen LogP contribution in [0.1, 0.15) is 11.1 Å². The van der Waals surface area contributed by atoms with Crippen LogP contribution in [0.25, 0.3) is 0 Å². The first-order valence-corrected chi connectivity index (χ1v) is 10.4. The van der Waals surface area contributed by atoms with Gasteiger partial charge in [-0.3, -0.25) is 14.7 Å². The number of sulfonamides is 1. The van der Waals surface area contributed by atoms with Gasteiger partial charge in [-0.15, -0.1) is 0 Å². The van der Waals surface area contributed by atoms with Gasteiger partial charge in [0.25, 0.3) is 0 Å². The molecule has 0 N–H and O–H groups in total. The van der Waals surface area contributed by atoms with Crippen LogP contribution in [0.15, 0.2) is 47.6 Å². The molecule has 1 aromatic heterocycles. The molecule has 1 amide bonds. The van der Waals surface area contributed by atoms with E-state index in [1.165, 1.54) is 9.87 Å². The summed E-state index contributed by atoms with van der Waals surface area (Å²) in [7, 11) is -1.84. The fraction of sp³-hybridized carbons (Fsp3) is 0.368. The van der Waals surface area contributed by atoms with Gasteiger partial charge in [0.15, 0.2) is 0 Å². The number of fused-ring (bicyclic) bond motifs is 1. The summed E-state index contributed by atoms with van der Waals surface area (Å²) in [6, 6.07) is 8.94. The number of nitrogens with zero attached hydrogens (tertiary/aromatic N) is 4. The van der Waals surface area contributed by atoms with Crippen LogP contribution in [0.3, 0.4) is 0 Å². The highest BCUT2D eigenvalue weighted by molar-refractivity contribution is 7.89. The molecular weight excluding hydrogens is 364 g/mol. The molecule has 2 aliphatic heterocycles. The summed E-state index contributed by atoms with van der Waals surface area (Å²) in [5.41, 5.74) is 2.75. The van der Waals surface area contributed by atoms with Crippen molar-refractivity contribution in [2.24, 2.45) is 0 Å². The van der Waals surface area contributed by atoms with Gasteiger partial charge in [-0.25, -0.2) is 8.42 Å². The number of piperazine rings is 1. The van der Waals surface area contributed by atoms with Gasteiger partial charge in [0, 0.05) is 57.9 Å². The topological polar surface area (TPSA) is 73.8 Å². The normalized spacial score (nSPS) is 18.7. The lowest BCUT2D eigenvalue weighted by atomic mass is 10.2. The van der Waals surface area contributed by atoms with Crippen molar-refractivity contribution in [3.05, 3.63) is 53.9 Å². The lowest BCUT2D eigenvalue weighted by Gasteiger charge is -2.34. The lowest BCUT2D eigenvalue weighted by Crippen LogP contribution is -2.48. The number of anilines is 1. The molecule has 0 spiro atoms. The highest BCUT2D eigenvalue weighted by Gasteiger charge is 2.31. The number of carbonyl (C=O) groups is 1. The minimum atomic E-state index is -3.55. The van der Waals surface area contributed by atoms with E-state index in [1.807, 2.05) is 12.1 Å². The average Bonchev–Trinajstić information content (AvgIpc) is 2.96. The number of amides is 1. The third kappa shape index (κ3) is 3.47. The molecule has 0 unspecified atom stereocenters. The number of hydrogen-bond donors (Lipinski definition) is 0. The molecule has 4 rings (SSSR count). The van der Waals surface area contributed by atoms with Gasteiger partial charge in [-0.05, 0) is 41.5 Å². The number of likely N-dealkylation sites (N-methyl/N-ethyl adjacent to an activating group) is 1. The molecule has 0 atom stereocenters. The summed E-state index contributed by atoms with van der Waals surface area (Å²) in [5, 5.41) is 0. The molecule has 1 aromatic carbocycles. The predicted octanol–water partition coefficient (Wildman–Crippen LogP) is 1.11. The molecule has 0 saturated carbocycles. The van der Waals surface area contributed by atoms with E-state index in [0.717, 1.165) is 17.8 Å². The fourth-order valence-electron chi connectivity index (χ4n) is 3.63. The van der Waals surface area contributed by atoms with Crippen molar-refractivity contribution < 1.29 is 13.2 Å². The van der Waals surface area contributed by atoms with E-state index in [1.54, 1.807) is 42.5 Å². The Morgan fingerprint density at radius 2 is 1.74 bits per heavy atom. The smallest absolute Gasteiger partial charge is 0.243 e. The second-order valence-electron chi connectivity index (χ2n) is 6.96. The van der Waals surface area contributed by atoms with E-state index in [4.69, 9.17) is 0 Å². The van der Waals surface area contributed by atoms with Gasteiger partial charge < -0.3 is 4.90 Å². The second-order valence-corrected chi connectivity index (χ2v) is 8.89. The van der Waals surface area contributed by atoms with Crippen LogP contribution in [0.4, 0.5) is 5.69 Å². The third-order valence-corrected chi connectivity index (χ3v) is 7.15. The van der Waals surface area contributed by atoms with Crippen molar-refractivity contribution in [1.82, 2.24) is 14.2 Å². The summed E-state index contributed by atoms with van der Waals surface area (Å²) >= 11 is 0. The maximum Gasteiger partial charge on any atom is 0.243 e. The first-order valence-electron chi connectivity index (χ1n) is 8.96. The predicted molar refractivity (Wildman–Crippen MR) is 102 cm³/mol. The fourth-order valence-corrected chi connectivity index (χ4v) is 5.10. The number of carbonyl (C=O) groups excluding carboxylic acids is 1. The monoisotopic (exact) mass is 386 g/mol. The molecule has 2 aliphatic rings. The molecule has 2 aromatic rings. The van der Waals surface area contributed by atoms with Crippen molar-refractivity contribution in [3.8, 4) is 0 Å². The number of aromatic nitrogens is 1. The Morgan fingerprint density at radius 3 is 2.44 bits per heavy atom. The molecule has 0 bridgehead atoms. The van der Waals surface area contributed by atoms with Gasteiger partial charge in [-0.2, -0.15) is 4.31 Å². The Hall–Kier alpha value is -2.29. The number of hydrogen-bond acceptors (Lipinski definition) is 5. The zero-order valence-electron chi connectivity index (χ0n) is 15.2. The molecule has 142 valence electrons. The summed E-state index contributed by atoms with van der Waals surface area (Å²) in [6.07, 6.45) is 3.80. The number of pyridine rings is 1. The van der Waals surface area contributed by atoms with Crippen LogP contribution in [-0.2, 0) is 27.8 Å². The van der Waals surface area contributed by atoms with Crippen LogP contribution in [0.5, 0.6) is 0 Å². The molecule has 27 heavy (non-hydrogen) atoms. The molecule has 0 aliphatic carbocycles. The Balaban J connectivity index is 1.45. The van der Waals surface area contributed by atoms with Crippen LogP contribution < -0.4 is 4.90 Å². The van der Waals surface area contributed by atoms with Crippen molar-refractivity contribution in [2.75, 3.05) is 38.1 Å². The highest BCUT2D eigenvalue weighted by Crippen LogP contribution is 2.31. The van der Waals surface area contributed by atoms with E-state index in [0.29, 0.717) is 26.2 Å². The maximum atomic E-state index is 13.0. The molecule has 7 nitrogen and oxygen atoms in total. The molecule has 8 heteroatoms. The maximum absolute atomic E-state index is 13.0. The third-order valence-electron chi connectivity index (χ3n) is 5.25. The minimum Gasteiger partial charge on any atom is -0.315 e. The zero-order valence-corrected chi connectivity index (χ0v) is 16.0. The minimum absolute atomic E-state index is 0.00993. The Bertz CT molecular complexity index is 954. The van der Waals surface area contributed by atoms with Crippen LogP contribution >= 0.6 is 0 Å². The van der Waals surface area contributed by atoms with Crippen LogP contribution in [0, 0.1) is 0 Å². The van der Waals surface area contributed by atoms with Crippen molar-refractivity contribution in [3.63, 3.8) is 0 Å². The Labute approximate surface area is 159 Å². The molecule has 1 fully saturated rings. The molecule has 0 radical (unpaired) electrons. The van der Waals surface area contributed by atoms with Crippen molar-refractivity contribution >= 4 is 21.6 Å². The quantitative estimate of drug-likeness (QED) is 0.787. The van der Waals surface area contributed by atoms with Crippen molar-refractivity contribution in [2.45, 2.75) is 17.9 Å². The standard InChI is InChI=1S/C19H22N4O3S/c1-21-18-3-2-17(12-16(18)13-19(21)24)27(25,26)23-10-8-22(9-11-23)14-15-4-6-20-7-5-15/h2-7,12H,8-11,13-14H2,1H3. The second kappa shape index (κ2) is 7.03. The highest BCUT2D eigenvalue weighted by atomic mass is 32.2. The van der Waals surface area contributed by atoms with Gasteiger partial charge in [-0.1, -0.05) is 0 Å². The number of benzene rings is 1. The first-order chi connectivity index (χ1) is 12.9. The van der Waals surface area contributed by atoms with E-state index in [9.17, 15) is 13.2 Å². The molecule has 3 heterocycles. The summed E-state index contributed by atoms with van der Waals surface area (Å²) < 4.78 is 27.6. The molecule has 1 saturated heterocycles. The van der Waals surface area contributed by atoms with Gasteiger partial charge >= 0.3 is 0 Å². The SMILES string of the molecule is CN1C(=O)Cc2cc(S(=O)(=O)N3CCN(Cc4ccncc4)CC3)ccc21. The summed E-state index contributed by atoms with van der Waals surface area (Å²) in [5.74, 6) is -0.00993. The Kier molecular flexibility index (Phi) is 4.71. The van der Waals surface area contributed by atoms with Gasteiger partial charge in [0.1, 0.15) is 0 Å². The lowest BCUT2D eigenvalue weighted by molar-refractivity contribution is -0.117. The van der Waals surface area contributed by atoms with E-state index in [2.05, 4.69) is 9.88 Å².